The quantitative estimate of drug-likeness (QED) is 0.469. The summed E-state index contributed by atoms with van der Waals surface area (Å²) in [5.41, 5.74) is 4.97. The molecular formula is C13H16FN3O3. The SMILES string of the molecule is CCC(N)(CCOCC#N)c1cc([N+](=O)[O-])ccc1F. The topological polar surface area (TPSA) is 102 Å². The smallest absolute Gasteiger partial charge is 0.269 e. The fraction of sp³-hybridized carbons (Fsp3) is 0.462. The highest BCUT2D eigenvalue weighted by atomic mass is 19.1. The van der Waals surface area contributed by atoms with E-state index < -0.39 is 16.3 Å². The van der Waals surface area contributed by atoms with Crippen LogP contribution < -0.4 is 5.73 Å². The molecule has 1 aromatic carbocycles. The third-order valence-corrected chi connectivity index (χ3v) is 3.19. The second-order valence-corrected chi connectivity index (χ2v) is 4.39. The molecule has 0 heterocycles. The molecule has 0 saturated carbocycles. The van der Waals surface area contributed by atoms with Crippen molar-refractivity contribution in [3.05, 3.63) is 39.7 Å². The van der Waals surface area contributed by atoms with Crippen molar-refractivity contribution in [1.29, 1.82) is 5.26 Å². The van der Waals surface area contributed by atoms with Crippen molar-refractivity contribution < 1.29 is 14.1 Å². The summed E-state index contributed by atoms with van der Waals surface area (Å²) < 4.78 is 18.9. The monoisotopic (exact) mass is 281 g/mol. The molecule has 1 unspecified atom stereocenters. The summed E-state index contributed by atoms with van der Waals surface area (Å²) >= 11 is 0. The van der Waals surface area contributed by atoms with Gasteiger partial charge in [-0.15, -0.1) is 0 Å². The van der Waals surface area contributed by atoms with E-state index in [4.69, 9.17) is 15.7 Å². The van der Waals surface area contributed by atoms with Gasteiger partial charge in [-0.05, 0) is 18.9 Å². The number of hydrogen-bond donors (Lipinski definition) is 1. The van der Waals surface area contributed by atoms with E-state index in [1.54, 1.807) is 6.92 Å². The first kappa shape index (κ1) is 16.0. The van der Waals surface area contributed by atoms with Crippen molar-refractivity contribution in [3.8, 4) is 6.07 Å². The van der Waals surface area contributed by atoms with Crippen LogP contribution in [0.15, 0.2) is 18.2 Å². The van der Waals surface area contributed by atoms with Gasteiger partial charge in [-0.3, -0.25) is 10.1 Å². The number of halogens is 1. The van der Waals surface area contributed by atoms with Crippen LogP contribution in [0.2, 0.25) is 0 Å². The number of nitriles is 1. The molecule has 1 atom stereocenters. The average molecular weight is 281 g/mol. The molecule has 0 aliphatic heterocycles. The molecule has 2 N–H and O–H groups in total. The van der Waals surface area contributed by atoms with Crippen LogP contribution in [0.3, 0.4) is 0 Å². The summed E-state index contributed by atoms with van der Waals surface area (Å²) in [5.74, 6) is -0.583. The van der Waals surface area contributed by atoms with Crippen molar-refractivity contribution in [3.63, 3.8) is 0 Å². The Morgan fingerprint density at radius 3 is 2.85 bits per heavy atom. The third-order valence-electron chi connectivity index (χ3n) is 3.19. The van der Waals surface area contributed by atoms with Crippen LogP contribution in [0.5, 0.6) is 0 Å². The Kier molecular flexibility index (Phi) is 5.55. The van der Waals surface area contributed by atoms with Crippen molar-refractivity contribution in [1.82, 2.24) is 0 Å². The molecule has 0 spiro atoms. The lowest BCUT2D eigenvalue weighted by Crippen LogP contribution is -2.38. The maximum absolute atomic E-state index is 13.9. The summed E-state index contributed by atoms with van der Waals surface area (Å²) in [6.07, 6.45) is 0.657. The molecule has 0 fully saturated rings. The van der Waals surface area contributed by atoms with Crippen LogP contribution in [0.4, 0.5) is 10.1 Å². The van der Waals surface area contributed by atoms with E-state index in [9.17, 15) is 14.5 Å². The summed E-state index contributed by atoms with van der Waals surface area (Å²) in [5, 5.41) is 19.1. The molecule has 0 bridgehead atoms. The Labute approximate surface area is 116 Å². The molecular weight excluding hydrogens is 265 g/mol. The first-order valence-electron chi connectivity index (χ1n) is 6.12. The second kappa shape index (κ2) is 6.93. The van der Waals surface area contributed by atoms with Gasteiger partial charge in [0.2, 0.25) is 0 Å². The first-order chi connectivity index (χ1) is 9.44. The predicted octanol–water partition coefficient (Wildman–Crippen LogP) is 2.23. The second-order valence-electron chi connectivity index (χ2n) is 4.39. The van der Waals surface area contributed by atoms with Gasteiger partial charge in [0.15, 0.2) is 0 Å². The number of rotatable bonds is 7. The molecule has 1 rings (SSSR count). The predicted molar refractivity (Wildman–Crippen MR) is 70.3 cm³/mol. The van der Waals surface area contributed by atoms with E-state index in [2.05, 4.69) is 0 Å². The lowest BCUT2D eigenvalue weighted by atomic mass is 9.85. The highest BCUT2D eigenvalue weighted by Gasteiger charge is 2.30. The molecule has 0 aliphatic rings. The number of nitrogens with zero attached hydrogens (tertiary/aromatic N) is 2. The zero-order valence-electron chi connectivity index (χ0n) is 11.1. The number of nitrogens with two attached hydrogens (primary N) is 1. The van der Waals surface area contributed by atoms with E-state index in [0.29, 0.717) is 6.42 Å². The highest BCUT2D eigenvalue weighted by molar-refractivity contribution is 5.39. The van der Waals surface area contributed by atoms with Gasteiger partial charge in [-0.2, -0.15) is 5.26 Å². The molecule has 108 valence electrons. The van der Waals surface area contributed by atoms with Crippen molar-refractivity contribution >= 4 is 5.69 Å². The molecule has 0 saturated heterocycles. The summed E-state index contributed by atoms with van der Waals surface area (Å²) in [7, 11) is 0. The summed E-state index contributed by atoms with van der Waals surface area (Å²) in [6, 6.07) is 5.12. The molecule has 6 nitrogen and oxygen atoms in total. The molecule has 7 heteroatoms. The van der Waals surface area contributed by atoms with Crippen LogP contribution in [0.1, 0.15) is 25.3 Å². The standard InChI is InChI=1S/C13H16FN3O3/c1-2-13(16,5-7-20-8-6-15)11-9-10(17(18)19)3-4-12(11)14/h3-4,9H,2,5,7-8,16H2,1H3. The fourth-order valence-corrected chi connectivity index (χ4v) is 1.88. The zero-order valence-corrected chi connectivity index (χ0v) is 11.1. The zero-order chi connectivity index (χ0) is 15.2. The van der Waals surface area contributed by atoms with E-state index in [1.165, 1.54) is 0 Å². The van der Waals surface area contributed by atoms with Crippen LogP contribution in [-0.4, -0.2) is 18.1 Å². The van der Waals surface area contributed by atoms with Crippen LogP contribution in [-0.2, 0) is 10.3 Å². The van der Waals surface area contributed by atoms with Gasteiger partial charge in [0.05, 0.1) is 17.6 Å². The third kappa shape index (κ3) is 3.73. The van der Waals surface area contributed by atoms with Gasteiger partial charge in [-0.25, -0.2) is 4.39 Å². The average Bonchev–Trinajstić information content (AvgIpc) is 2.43. The summed E-state index contributed by atoms with van der Waals surface area (Å²) in [6.45, 7) is 1.87. The van der Waals surface area contributed by atoms with E-state index >= 15 is 0 Å². The molecule has 20 heavy (non-hydrogen) atoms. The molecule has 0 amide bonds. The Balaban J connectivity index is 3.00. The Morgan fingerprint density at radius 2 is 2.30 bits per heavy atom. The number of non-ortho nitro benzene ring substituents is 1. The van der Waals surface area contributed by atoms with Gasteiger partial charge in [0.25, 0.3) is 5.69 Å². The number of benzene rings is 1. The Hall–Kier alpha value is -2.04. The molecule has 0 aliphatic carbocycles. The van der Waals surface area contributed by atoms with Gasteiger partial charge in [-0.1, -0.05) is 6.92 Å². The molecule has 1 aromatic rings. The minimum atomic E-state index is -1.06. The van der Waals surface area contributed by atoms with Gasteiger partial charge in [0.1, 0.15) is 12.4 Å². The normalized spacial score (nSPS) is 13.5. The number of nitro groups is 1. The van der Waals surface area contributed by atoms with Gasteiger partial charge in [0, 0.05) is 23.2 Å². The van der Waals surface area contributed by atoms with Crippen LogP contribution in [0.25, 0.3) is 0 Å². The lowest BCUT2D eigenvalue weighted by Gasteiger charge is -2.28. The number of nitro benzene ring substituents is 1. The van der Waals surface area contributed by atoms with Crippen LogP contribution in [0, 0.1) is 27.3 Å². The van der Waals surface area contributed by atoms with Gasteiger partial charge < -0.3 is 10.5 Å². The van der Waals surface area contributed by atoms with E-state index in [0.717, 1.165) is 18.2 Å². The molecule has 0 aromatic heterocycles. The molecule has 0 radical (unpaired) electrons. The fourth-order valence-electron chi connectivity index (χ4n) is 1.88. The van der Waals surface area contributed by atoms with Crippen molar-refractivity contribution in [2.75, 3.05) is 13.2 Å². The minimum absolute atomic E-state index is 0.0722. The minimum Gasteiger partial charge on any atom is -0.366 e. The maximum Gasteiger partial charge on any atom is 0.269 e. The van der Waals surface area contributed by atoms with Crippen LogP contribution >= 0.6 is 0 Å². The van der Waals surface area contributed by atoms with Crippen molar-refractivity contribution in [2.24, 2.45) is 5.73 Å². The van der Waals surface area contributed by atoms with E-state index in [1.807, 2.05) is 6.07 Å². The highest BCUT2D eigenvalue weighted by Crippen LogP contribution is 2.31. The maximum atomic E-state index is 13.9. The first-order valence-corrected chi connectivity index (χ1v) is 6.12. The Morgan fingerprint density at radius 1 is 1.60 bits per heavy atom. The largest absolute Gasteiger partial charge is 0.366 e. The van der Waals surface area contributed by atoms with Crippen molar-refractivity contribution in [2.45, 2.75) is 25.3 Å². The van der Waals surface area contributed by atoms with Gasteiger partial charge >= 0.3 is 0 Å². The number of hydrogen-bond acceptors (Lipinski definition) is 5. The Bertz CT molecular complexity index is 530. The summed E-state index contributed by atoms with van der Waals surface area (Å²) in [4.78, 5) is 10.2. The number of ether oxygens (including phenoxy) is 1. The van der Waals surface area contributed by atoms with E-state index in [-0.39, 0.29) is 30.9 Å². The lowest BCUT2D eigenvalue weighted by molar-refractivity contribution is -0.385.